The van der Waals surface area contributed by atoms with Crippen LogP contribution in [0.4, 0.5) is 10.1 Å². The minimum Gasteiger partial charge on any atom is -0.477 e. The number of nitrogens with one attached hydrogen (secondary N) is 1. The van der Waals surface area contributed by atoms with Gasteiger partial charge in [0.2, 0.25) is 11.8 Å². The Bertz CT molecular complexity index is 840. The number of hydrogen-bond acceptors (Lipinski definition) is 4. The third kappa shape index (κ3) is 2.63. The molecule has 1 aliphatic rings. The van der Waals surface area contributed by atoms with Gasteiger partial charge in [-0.05, 0) is 12.1 Å². The molecule has 0 aliphatic carbocycles. The molecule has 7 nitrogen and oxygen atoms in total. The highest BCUT2D eigenvalue weighted by Crippen LogP contribution is 2.24. The Morgan fingerprint density at radius 3 is 2.57 bits per heavy atom. The van der Waals surface area contributed by atoms with E-state index in [0.29, 0.717) is 37.4 Å². The molecule has 1 saturated heterocycles. The number of carbonyl (C=O) groups excluding carboxylic acids is 1. The van der Waals surface area contributed by atoms with Crippen molar-refractivity contribution in [1.82, 2.24) is 9.88 Å². The van der Waals surface area contributed by atoms with Crippen LogP contribution in [-0.4, -0.2) is 53.5 Å². The normalized spacial score (nSPS) is 15.0. The number of rotatable bonds is 3. The van der Waals surface area contributed by atoms with Crippen molar-refractivity contribution in [2.45, 2.75) is 0 Å². The molecular formula is C15H14FN3O4. The number of H-pyrrole nitrogens is 1. The van der Waals surface area contributed by atoms with Crippen molar-refractivity contribution in [3.63, 3.8) is 0 Å². The summed E-state index contributed by atoms with van der Waals surface area (Å²) in [6, 6.07) is 2.55. The molecule has 2 heterocycles. The standard InChI is InChI=1S/C15H14FN3O4/c16-11-5-9-12(17-7-10(14(9)21)15(22)23)6-13(11)19-3-1-18(8-20)2-4-19/h5-8H,1-4H2,(H,17,21)(H,22,23). The quantitative estimate of drug-likeness (QED) is 0.810. The van der Waals surface area contributed by atoms with Gasteiger partial charge in [0.05, 0.1) is 11.2 Å². The van der Waals surface area contributed by atoms with E-state index in [1.807, 2.05) is 0 Å². The summed E-state index contributed by atoms with van der Waals surface area (Å²) in [6.45, 7) is 1.96. The van der Waals surface area contributed by atoms with Crippen molar-refractivity contribution in [3.05, 3.63) is 39.9 Å². The lowest BCUT2D eigenvalue weighted by Gasteiger charge is -2.34. The van der Waals surface area contributed by atoms with Crippen LogP contribution in [0.5, 0.6) is 0 Å². The molecule has 8 heteroatoms. The number of benzene rings is 1. The predicted octanol–water partition coefficient (Wildman–Crippen LogP) is 0.644. The van der Waals surface area contributed by atoms with E-state index >= 15 is 0 Å². The Labute approximate surface area is 129 Å². The van der Waals surface area contributed by atoms with E-state index < -0.39 is 22.8 Å². The summed E-state index contributed by atoms with van der Waals surface area (Å²) in [5.74, 6) is -1.95. The molecule has 0 saturated carbocycles. The first kappa shape index (κ1) is 15.0. The highest BCUT2D eigenvalue weighted by molar-refractivity contribution is 5.93. The molecule has 0 unspecified atom stereocenters. The molecule has 120 valence electrons. The summed E-state index contributed by atoms with van der Waals surface area (Å²) in [7, 11) is 0. The molecular weight excluding hydrogens is 305 g/mol. The Balaban J connectivity index is 2.02. The molecule has 1 aliphatic heterocycles. The monoisotopic (exact) mass is 319 g/mol. The Morgan fingerprint density at radius 2 is 1.96 bits per heavy atom. The number of aromatic carboxylic acids is 1. The number of aromatic amines is 1. The Hall–Kier alpha value is -2.90. The molecule has 0 spiro atoms. The van der Waals surface area contributed by atoms with Crippen LogP contribution in [0.2, 0.25) is 0 Å². The van der Waals surface area contributed by atoms with Crippen molar-refractivity contribution >= 4 is 29.0 Å². The van der Waals surface area contributed by atoms with E-state index in [1.165, 1.54) is 6.07 Å². The van der Waals surface area contributed by atoms with Crippen LogP contribution >= 0.6 is 0 Å². The fourth-order valence-electron chi connectivity index (χ4n) is 2.70. The van der Waals surface area contributed by atoms with E-state index in [1.54, 1.807) is 9.80 Å². The van der Waals surface area contributed by atoms with Gasteiger partial charge < -0.3 is 19.9 Å². The van der Waals surface area contributed by atoms with Gasteiger partial charge in [-0.2, -0.15) is 0 Å². The molecule has 0 radical (unpaired) electrons. The topological polar surface area (TPSA) is 93.7 Å². The Kier molecular flexibility index (Phi) is 3.73. The molecule has 1 fully saturated rings. The predicted molar refractivity (Wildman–Crippen MR) is 81.3 cm³/mol. The van der Waals surface area contributed by atoms with Crippen LogP contribution in [-0.2, 0) is 4.79 Å². The second-order valence-corrected chi connectivity index (χ2v) is 5.31. The second kappa shape index (κ2) is 5.71. The van der Waals surface area contributed by atoms with Crippen molar-refractivity contribution in [2.75, 3.05) is 31.1 Å². The fourth-order valence-corrected chi connectivity index (χ4v) is 2.70. The van der Waals surface area contributed by atoms with Crippen LogP contribution in [0.15, 0.2) is 23.1 Å². The van der Waals surface area contributed by atoms with Gasteiger partial charge in [0.25, 0.3) is 0 Å². The number of halogens is 1. The maximum atomic E-state index is 14.4. The number of anilines is 1. The summed E-state index contributed by atoms with van der Waals surface area (Å²) >= 11 is 0. The van der Waals surface area contributed by atoms with Gasteiger partial charge in [-0.1, -0.05) is 0 Å². The molecule has 1 aromatic carbocycles. The molecule has 0 bridgehead atoms. The van der Waals surface area contributed by atoms with Gasteiger partial charge in [0, 0.05) is 37.8 Å². The molecule has 0 atom stereocenters. The molecule has 1 aromatic heterocycles. The number of carbonyl (C=O) groups is 2. The molecule has 1 amide bonds. The number of carboxylic acid groups (broad SMARTS) is 1. The van der Waals surface area contributed by atoms with E-state index in [-0.39, 0.29) is 5.39 Å². The maximum Gasteiger partial charge on any atom is 0.341 e. The zero-order chi connectivity index (χ0) is 16.6. The number of carboxylic acids is 1. The fraction of sp³-hybridized carbons (Fsp3) is 0.267. The van der Waals surface area contributed by atoms with Crippen LogP contribution in [0.3, 0.4) is 0 Å². The third-order valence-electron chi connectivity index (χ3n) is 3.98. The zero-order valence-corrected chi connectivity index (χ0v) is 12.1. The van der Waals surface area contributed by atoms with Gasteiger partial charge in [0.15, 0.2) is 0 Å². The lowest BCUT2D eigenvalue weighted by atomic mass is 10.1. The average Bonchev–Trinajstić information content (AvgIpc) is 2.55. The van der Waals surface area contributed by atoms with Crippen molar-refractivity contribution < 1.29 is 19.1 Å². The van der Waals surface area contributed by atoms with E-state index in [4.69, 9.17) is 5.11 Å². The highest BCUT2D eigenvalue weighted by Gasteiger charge is 2.20. The summed E-state index contributed by atoms with van der Waals surface area (Å²) < 4.78 is 14.4. The van der Waals surface area contributed by atoms with Crippen molar-refractivity contribution in [3.8, 4) is 0 Å². The Morgan fingerprint density at radius 1 is 1.26 bits per heavy atom. The minimum absolute atomic E-state index is 0.00215. The van der Waals surface area contributed by atoms with E-state index in [9.17, 15) is 18.8 Å². The third-order valence-corrected chi connectivity index (χ3v) is 3.98. The smallest absolute Gasteiger partial charge is 0.341 e. The summed E-state index contributed by atoms with van der Waals surface area (Å²) in [4.78, 5) is 39.9. The number of nitrogens with zero attached hydrogens (tertiary/aromatic N) is 2. The first-order chi connectivity index (χ1) is 11.0. The summed E-state index contributed by atoms with van der Waals surface area (Å²) in [5, 5.41) is 8.94. The van der Waals surface area contributed by atoms with Crippen molar-refractivity contribution in [1.29, 1.82) is 0 Å². The highest BCUT2D eigenvalue weighted by atomic mass is 19.1. The number of aromatic nitrogens is 1. The molecule has 3 rings (SSSR count). The lowest BCUT2D eigenvalue weighted by molar-refractivity contribution is -0.118. The van der Waals surface area contributed by atoms with Gasteiger partial charge in [-0.3, -0.25) is 9.59 Å². The largest absolute Gasteiger partial charge is 0.477 e. The minimum atomic E-state index is -1.36. The first-order valence-electron chi connectivity index (χ1n) is 7.04. The molecule has 2 aromatic rings. The van der Waals surface area contributed by atoms with Crippen LogP contribution in [0, 0.1) is 5.82 Å². The second-order valence-electron chi connectivity index (χ2n) is 5.31. The van der Waals surface area contributed by atoms with E-state index in [0.717, 1.165) is 18.7 Å². The van der Waals surface area contributed by atoms with Gasteiger partial charge in [-0.25, -0.2) is 9.18 Å². The molecule has 23 heavy (non-hydrogen) atoms. The van der Waals surface area contributed by atoms with Gasteiger partial charge in [-0.15, -0.1) is 0 Å². The molecule has 2 N–H and O–H groups in total. The zero-order valence-electron chi connectivity index (χ0n) is 12.1. The van der Waals surface area contributed by atoms with Crippen LogP contribution in [0.1, 0.15) is 10.4 Å². The average molecular weight is 319 g/mol. The number of pyridine rings is 1. The first-order valence-corrected chi connectivity index (χ1v) is 7.04. The number of piperazine rings is 1. The summed E-state index contributed by atoms with van der Waals surface area (Å²) in [5.41, 5.74) is -0.456. The van der Waals surface area contributed by atoms with E-state index in [2.05, 4.69) is 4.98 Å². The number of amides is 1. The lowest BCUT2D eigenvalue weighted by Crippen LogP contribution is -2.46. The SMILES string of the molecule is O=CN1CCN(c2cc3[nH]cc(C(=O)O)c(=O)c3cc2F)CC1. The van der Waals surface area contributed by atoms with Gasteiger partial charge >= 0.3 is 5.97 Å². The number of hydrogen-bond donors (Lipinski definition) is 2. The van der Waals surface area contributed by atoms with Crippen LogP contribution < -0.4 is 10.3 Å². The number of fused-ring (bicyclic) bond motifs is 1. The maximum absolute atomic E-state index is 14.4. The summed E-state index contributed by atoms with van der Waals surface area (Å²) in [6.07, 6.45) is 1.87. The van der Waals surface area contributed by atoms with Crippen molar-refractivity contribution in [2.24, 2.45) is 0 Å². The van der Waals surface area contributed by atoms with Gasteiger partial charge in [0.1, 0.15) is 11.4 Å². The van der Waals surface area contributed by atoms with Crippen LogP contribution in [0.25, 0.3) is 10.9 Å².